The van der Waals surface area contributed by atoms with E-state index in [1.807, 2.05) is 90.2 Å². The lowest BCUT2D eigenvalue weighted by molar-refractivity contribution is -0.123. The lowest BCUT2D eigenvalue weighted by Gasteiger charge is -2.22. The second-order valence-corrected chi connectivity index (χ2v) is 8.19. The Bertz CT molecular complexity index is 747. The Morgan fingerprint density at radius 2 is 1.37 bits per heavy atom. The fourth-order valence-electron chi connectivity index (χ4n) is 2.35. The molecule has 2 aromatic rings. The standard InChI is InChI=1S/C22H31N3O2/c1-15(2)20(26)23-16-7-11-18(12-8-16)25(6)19-13-9-17(10-14-19)24-21(27)22(3,4)5/h7-15,20,23,26H,1-6H3,(H,24,27). The van der Waals surface area contributed by atoms with Gasteiger partial charge in [-0.15, -0.1) is 0 Å². The predicted molar refractivity (Wildman–Crippen MR) is 113 cm³/mol. The molecule has 0 spiro atoms. The number of amides is 1. The zero-order chi connectivity index (χ0) is 20.2. The van der Waals surface area contributed by atoms with Gasteiger partial charge in [0.25, 0.3) is 0 Å². The van der Waals surface area contributed by atoms with Gasteiger partial charge in [0.15, 0.2) is 0 Å². The first kappa shape index (κ1) is 20.8. The third-order valence-corrected chi connectivity index (χ3v) is 4.39. The number of nitrogens with one attached hydrogen (secondary N) is 2. The van der Waals surface area contributed by atoms with Gasteiger partial charge >= 0.3 is 0 Å². The summed E-state index contributed by atoms with van der Waals surface area (Å²) in [6.07, 6.45) is -0.565. The first-order valence-electron chi connectivity index (χ1n) is 9.28. The highest BCUT2D eigenvalue weighted by molar-refractivity contribution is 5.94. The van der Waals surface area contributed by atoms with Crippen LogP contribution < -0.4 is 15.5 Å². The monoisotopic (exact) mass is 369 g/mol. The molecule has 1 atom stereocenters. The molecule has 3 N–H and O–H groups in total. The van der Waals surface area contributed by atoms with Gasteiger partial charge < -0.3 is 20.6 Å². The molecule has 0 saturated carbocycles. The number of hydrogen-bond donors (Lipinski definition) is 3. The minimum absolute atomic E-state index is 0.00437. The molecule has 0 saturated heterocycles. The summed E-state index contributed by atoms with van der Waals surface area (Å²) in [6, 6.07) is 15.7. The molecule has 0 aromatic heterocycles. The van der Waals surface area contributed by atoms with Crippen molar-refractivity contribution < 1.29 is 9.90 Å². The number of aliphatic hydroxyl groups excluding tert-OH is 1. The molecular weight excluding hydrogens is 338 g/mol. The number of rotatable bonds is 6. The lowest BCUT2D eigenvalue weighted by atomic mass is 9.95. The van der Waals surface area contributed by atoms with E-state index in [1.54, 1.807) is 0 Å². The first-order valence-corrected chi connectivity index (χ1v) is 9.28. The quantitative estimate of drug-likeness (QED) is 0.639. The Kier molecular flexibility index (Phi) is 6.50. The van der Waals surface area contributed by atoms with Crippen molar-refractivity contribution >= 4 is 28.7 Å². The van der Waals surface area contributed by atoms with Crippen molar-refractivity contribution in [3.8, 4) is 0 Å². The van der Waals surface area contributed by atoms with Crippen LogP contribution in [0.4, 0.5) is 22.7 Å². The zero-order valence-corrected chi connectivity index (χ0v) is 17.1. The first-order chi connectivity index (χ1) is 12.6. The van der Waals surface area contributed by atoms with E-state index in [4.69, 9.17) is 0 Å². The van der Waals surface area contributed by atoms with Crippen molar-refractivity contribution in [1.82, 2.24) is 0 Å². The predicted octanol–water partition coefficient (Wildman–Crippen LogP) is 4.83. The summed E-state index contributed by atoms with van der Waals surface area (Å²) >= 11 is 0. The molecule has 2 aromatic carbocycles. The number of carbonyl (C=O) groups is 1. The summed E-state index contributed by atoms with van der Waals surface area (Å²) in [5, 5.41) is 15.9. The fraction of sp³-hybridized carbons (Fsp3) is 0.409. The maximum Gasteiger partial charge on any atom is 0.229 e. The molecule has 1 unspecified atom stereocenters. The van der Waals surface area contributed by atoms with Crippen molar-refractivity contribution in [3.05, 3.63) is 48.5 Å². The number of anilines is 4. The van der Waals surface area contributed by atoms with Gasteiger partial charge in [-0.2, -0.15) is 0 Å². The Hall–Kier alpha value is -2.53. The van der Waals surface area contributed by atoms with Crippen LogP contribution >= 0.6 is 0 Å². The lowest BCUT2D eigenvalue weighted by Crippen LogP contribution is -2.27. The molecule has 5 nitrogen and oxygen atoms in total. The van der Waals surface area contributed by atoms with Crippen LogP contribution in [0, 0.1) is 11.3 Å². The van der Waals surface area contributed by atoms with E-state index >= 15 is 0 Å². The van der Waals surface area contributed by atoms with E-state index in [0.29, 0.717) is 0 Å². The molecule has 2 rings (SSSR count). The normalized spacial score (nSPS) is 12.6. The molecule has 146 valence electrons. The van der Waals surface area contributed by atoms with Crippen LogP contribution in [0.3, 0.4) is 0 Å². The van der Waals surface area contributed by atoms with Gasteiger partial charge in [-0.05, 0) is 54.4 Å². The number of aliphatic hydroxyl groups is 1. The molecule has 27 heavy (non-hydrogen) atoms. The van der Waals surface area contributed by atoms with Crippen LogP contribution in [0.15, 0.2) is 48.5 Å². The SMILES string of the molecule is CC(C)C(O)Nc1ccc(N(C)c2ccc(NC(=O)C(C)(C)C)cc2)cc1. The maximum atomic E-state index is 12.1. The van der Waals surface area contributed by atoms with Crippen LogP contribution in [0.2, 0.25) is 0 Å². The second-order valence-electron chi connectivity index (χ2n) is 8.19. The highest BCUT2D eigenvalue weighted by Crippen LogP contribution is 2.27. The van der Waals surface area contributed by atoms with Gasteiger partial charge in [-0.1, -0.05) is 34.6 Å². The average molecular weight is 370 g/mol. The third-order valence-electron chi connectivity index (χ3n) is 4.39. The molecule has 5 heteroatoms. The van der Waals surface area contributed by atoms with Crippen molar-refractivity contribution in [2.75, 3.05) is 22.6 Å². The second kappa shape index (κ2) is 8.44. The van der Waals surface area contributed by atoms with E-state index in [1.165, 1.54) is 0 Å². The molecule has 1 amide bonds. The summed E-state index contributed by atoms with van der Waals surface area (Å²) in [4.78, 5) is 14.1. The Morgan fingerprint density at radius 1 is 0.926 bits per heavy atom. The summed E-state index contributed by atoms with van der Waals surface area (Å²) in [7, 11) is 1.99. The van der Waals surface area contributed by atoms with Crippen molar-refractivity contribution in [2.45, 2.75) is 40.8 Å². The van der Waals surface area contributed by atoms with Crippen LogP contribution in [0.5, 0.6) is 0 Å². The largest absolute Gasteiger partial charge is 0.374 e. The molecule has 0 aliphatic heterocycles. The number of hydrogen-bond acceptors (Lipinski definition) is 4. The van der Waals surface area contributed by atoms with Gasteiger partial charge in [0.1, 0.15) is 6.23 Å². The average Bonchev–Trinajstić information content (AvgIpc) is 2.61. The van der Waals surface area contributed by atoms with Gasteiger partial charge in [0.2, 0.25) is 5.91 Å². The van der Waals surface area contributed by atoms with Crippen molar-refractivity contribution in [2.24, 2.45) is 11.3 Å². The molecule has 0 heterocycles. The summed E-state index contributed by atoms with van der Waals surface area (Å²) in [5.74, 6) is 0.139. The number of carbonyl (C=O) groups excluding carboxylic acids is 1. The van der Waals surface area contributed by atoms with E-state index in [9.17, 15) is 9.90 Å². The van der Waals surface area contributed by atoms with E-state index in [2.05, 4.69) is 15.5 Å². The van der Waals surface area contributed by atoms with Crippen LogP contribution in [-0.2, 0) is 4.79 Å². The number of nitrogens with zero attached hydrogens (tertiary/aromatic N) is 1. The topological polar surface area (TPSA) is 64.6 Å². The van der Waals surface area contributed by atoms with Gasteiger partial charge in [0.05, 0.1) is 0 Å². The Morgan fingerprint density at radius 3 is 1.78 bits per heavy atom. The molecule has 0 fully saturated rings. The minimum Gasteiger partial charge on any atom is -0.374 e. The van der Waals surface area contributed by atoms with Gasteiger partial charge in [0, 0.05) is 35.2 Å². The molecule has 0 radical (unpaired) electrons. The van der Waals surface area contributed by atoms with E-state index in [0.717, 1.165) is 22.7 Å². The fourth-order valence-corrected chi connectivity index (χ4v) is 2.35. The summed E-state index contributed by atoms with van der Waals surface area (Å²) < 4.78 is 0. The molecule has 0 aliphatic carbocycles. The molecule has 0 bridgehead atoms. The van der Waals surface area contributed by atoms with Crippen LogP contribution in [0.25, 0.3) is 0 Å². The third kappa shape index (κ3) is 5.73. The molecule has 0 aliphatic rings. The van der Waals surface area contributed by atoms with E-state index in [-0.39, 0.29) is 11.8 Å². The van der Waals surface area contributed by atoms with E-state index < -0.39 is 11.6 Å². The highest BCUT2D eigenvalue weighted by atomic mass is 16.3. The summed E-state index contributed by atoms with van der Waals surface area (Å²) in [5.41, 5.74) is 3.30. The Balaban J connectivity index is 2.05. The van der Waals surface area contributed by atoms with Crippen molar-refractivity contribution in [1.29, 1.82) is 0 Å². The zero-order valence-electron chi connectivity index (χ0n) is 17.1. The van der Waals surface area contributed by atoms with Gasteiger partial charge in [-0.3, -0.25) is 4.79 Å². The van der Waals surface area contributed by atoms with Gasteiger partial charge in [-0.25, -0.2) is 0 Å². The minimum atomic E-state index is -0.565. The van der Waals surface area contributed by atoms with Crippen LogP contribution in [0.1, 0.15) is 34.6 Å². The van der Waals surface area contributed by atoms with Crippen molar-refractivity contribution in [3.63, 3.8) is 0 Å². The maximum absolute atomic E-state index is 12.1. The highest BCUT2D eigenvalue weighted by Gasteiger charge is 2.21. The van der Waals surface area contributed by atoms with Crippen LogP contribution in [-0.4, -0.2) is 24.3 Å². The number of benzene rings is 2. The smallest absolute Gasteiger partial charge is 0.229 e. The summed E-state index contributed by atoms with van der Waals surface area (Å²) in [6.45, 7) is 9.61. The Labute approximate surface area is 162 Å². The molecular formula is C22H31N3O2.